The lowest BCUT2D eigenvalue weighted by Gasteiger charge is -2.25. The zero-order chi connectivity index (χ0) is 13.8. The lowest BCUT2D eigenvalue weighted by molar-refractivity contribution is 0.0321. The number of halogens is 3. The van der Waals surface area contributed by atoms with Gasteiger partial charge in [-0.05, 0) is 40.9 Å². The Morgan fingerprint density at radius 3 is 2.44 bits per heavy atom. The van der Waals surface area contributed by atoms with E-state index in [1.54, 1.807) is 0 Å². The number of hydrogen-bond donors (Lipinski definition) is 2. The van der Waals surface area contributed by atoms with Gasteiger partial charge in [-0.2, -0.15) is 0 Å². The van der Waals surface area contributed by atoms with Crippen LogP contribution in [0, 0.1) is 11.6 Å². The third-order valence-electron chi connectivity index (χ3n) is 3.21. The third kappa shape index (κ3) is 3.73. The van der Waals surface area contributed by atoms with E-state index in [2.05, 4.69) is 21.2 Å². The molecule has 0 aliphatic heterocycles. The highest BCUT2D eigenvalue weighted by Gasteiger charge is 2.22. The lowest BCUT2D eigenvalue weighted by Crippen LogP contribution is -2.39. The highest BCUT2D eigenvalue weighted by Crippen LogP contribution is 2.21. The van der Waals surface area contributed by atoms with E-state index in [0.29, 0.717) is 19.4 Å². The summed E-state index contributed by atoms with van der Waals surface area (Å²) in [7, 11) is 0. The number of rotatable bonds is 6. The van der Waals surface area contributed by atoms with Gasteiger partial charge in [0.25, 0.3) is 0 Å². The highest BCUT2D eigenvalue weighted by molar-refractivity contribution is 9.10. The summed E-state index contributed by atoms with van der Waals surface area (Å²) in [6.45, 7) is 4.13. The minimum Gasteiger partial charge on any atom is -0.389 e. The second-order valence-corrected chi connectivity index (χ2v) is 5.21. The fourth-order valence-corrected chi connectivity index (χ4v) is 2.02. The summed E-state index contributed by atoms with van der Waals surface area (Å²) in [6.07, 6.45) is 1.19. The van der Waals surface area contributed by atoms with Crippen LogP contribution in [0.5, 0.6) is 0 Å². The van der Waals surface area contributed by atoms with E-state index in [0.717, 1.165) is 0 Å². The van der Waals surface area contributed by atoms with Crippen LogP contribution in [0.2, 0.25) is 0 Å². The van der Waals surface area contributed by atoms with Crippen molar-refractivity contribution in [2.45, 2.75) is 38.8 Å². The summed E-state index contributed by atoms with van der Waals surface area (Å²) in [4.78, 5) is 0. The van der Waals surface area contributed by atoms with Crippen molar-refractivity contribution >= 4 is 15.9 Å². The van der Waals surface area contributed by atoms with Crippen molar-refractivity contribution in [3.05, 3.63) is 33.8 Å². The van der Waals surface area contributed by atoms with Gasteiger partial charge in [-0.1, -0.05) is 13.8 Å². The highest BCUT2D eigenvalue weighted by atomic mass is 79.9. The van der Waals surface area contributed by atoms with Gasteiger partial charge in [0.1, 0.15) is 11.6 Å². The van der Waals surface area contributed by atoms with Crippen LogP contribution in [0.4, 0.5) is 8.78 Å². The normalized spacial score (nSPS) is 11.9. The Labute approximate surface area is 115 Å². The molecule has 1 aromatic carbocycles. The first-order valence-corrected chi connectivity index (χ1v) is 6.78. The fourth-order valence-electron chi connectivity index (χ4n) is 1.65. The van der Waals surface area contributed by atoms with Gasteiger partial charge in [0.15, 0.2) is 0 Å². The van der Waals surface area contributed by atoms with E-state index in [9.17, 15) is 13.9 Å². The first-order chi connectivity index (χ1) is 8.43. The van der Waals surface area contributed by atoms with Crippen LogP contribution in [0.1, 0.15) is 32.3 Å². The van der Waals surface area contributed by atoms with Crippen LogP contribution < -0.4 is 5.32 Å². The first-order valence-electron chi connectivity index (χ1n) is 5.99. The number of benzene rings is 1. The molecular weight excluding hydrogens is 304 g/mol. The molecule has 0 fully saturated rings. The molecule has 18 heavy (non-hydrogen) atoms. The molecule has 0 heterocycles. The standard InChI is InChI=1S/C13H18BrF2NO/c1-3-13(18,4-2)8-17-7-9-11(15)6-5-10(14)12(9)16/h5-6,17-18H,3-4,7-8H2,1-2H3. The molecule has 0 bridgehead atoms. The van der Waals surface area contributed by atoms with Crippen LogP contribution >= 0.6 is 15.9 Å². The second-order valence-electron chi connectivity index (χ2n) is 4.36. The summed E-state index contributed by atoms with van der Waals surface area (Å²) in [6, 6.07) is 2.55. The molecular formula is C13H18BrF2NO. The van der Waals surface area contributed by atoms with Crippen molar-refractivity contribution in [1.82, 2.24) is 5.32 Å². The number of hydrogen-bond acceptors (Lipinski definition) is 2. The smallest absolute Gasteiger partial charge is 0.144 e. The number of nitrogens with one attached hydrogen (secondary N) is 1. The Hall–Kier alpha value is -0.520. The summed E-state index contributed by atoms with van der Waals surface area (Å²) < 4.78 is 27.3. The largest absolute Gasteiger partial charge is 0.389 e. The van der Waals surface area contributed by atoms with Gasteiger partial charge in [-0.25, -0.2) is 8.78 Å². The van der Waals surface area contributed by atoms with Crippen molar-refractivity contribution < 1.29 is 13.9 Å². The maximum absolute atomic E-state index is 13.7. The van der Waals surface area contributed by atoms with E-state index < -0.39 is 17.2 Å². The van der Waals surface area contributed by atoms with E-state index >= 15 is 0 Å². The molecule has 0 amide bonds. The van der Waals surface area contributed by atoms with Gasteiger partial charge in [-0.3, -0.25) is 0 Å². The Kier molecular flexibility index (Phi) is 5.69. The summed E-state index contributed by atoms with van der Waals surface area (Å²) >= 11 is 3.02. The average Bonchev–Trinajstić information content (AvgIpc) is 2.38. The van der Waals surface area contributed by atoms with E-state index in [-0.39, 0.29) is 16.6 Å². The Bertz CT molecular complexity index is 408. The van der Waals surface area contributed by atoms with Gasteiger partial charge in [0.05, 0.1) is 10.1 Å². The van der Waals surface area contributed by atoms with Crippen LogP contribution in [0.25, 0.3) is 0 Å². The third-order valence-corrected chi connectivity index (χ3v) is 3.82. The quantitative estimate of drug-likeness (QED) is 0.787. The van der Waals surface area contributed by atoms with Crippen molar-refractivity contribution in [2.75, 3.05) is 6.54 Å². The second kappa shape index (κ2) is 6.59. The molecule has 2 nitrogen and oxygen atoms in total. The van der Waals surface area contributed by atoms with Crippen LogP contribution in [0.15, 0.2) is 16.6 Å². The van der Waals surface area contributed by atoms with Gasteiger partial charge in [0, 0.05) is 18.7 Å². The molecule has 0 aromatic heterocycles. The molecule has 0 aliphatic rings. The zero-order valence-electron chi connectivity index (χ0n) is 10.6. The Morgan fingerprint density at radius 1 is 1.28 bits per heavy atom. The fraction of sp³-hybridized carbons (Fsp3) is 0.538. The van der Waals surface area contributed by atoms with E-state index in [4.69, 9.17) is 0 Å². The van der Waals surface area contributed by atoms with Gasteiger partial charge in [-0.15, -0.1) is 0 Å². The molecule has 0 aliphatic carbocycles. The molecule has 102 valence electrons. The monoisotopic (exact) mass is 321 g/mol. The molecule has 5 heteroatoms. The van der Waals surface area contributed by atoms with E-state index in [1.165, 1.54) is 12.1 Å². The van der Waals surface area contributed by atoms with Crippen LogP contribution in [0.3, 0.4) is 0 Å². The van der Waals surface area contributed by atoms with Gasteiger partial charge in [0.2, 0.25) is 0 Å². The van der Waals surface area contributed by atoms with Gasteiger partial charge < -0.3 is 10.4 Å². The minimum absolute atomic E-state index is 0.0149. The molecule has 0 saturated heterocycles. The van der Waals surface area contributed by atoms with Crippen LogP contribution in [-0.4, -0.2) is 17.3 Å². The Morgan fingerprint density at radius 2 is 1.89 bits per heavy atom. The minimum atomic E-state index is -0.820. The molecule has 0 saturated carbocycles. The molecule has 0 radical (unpaired) electrons. The van der Waals surface area contributed by atoms with E-state index in [1.807, 2.05) is 13.8 Å². The zero-order valence-corrected chi connectivity index (χ0v) is 12.2. The molecule has 1 aromatic rings. The molecule has 0 unspecified atom stereocenters. The molecule has 0 atom stereocenters. The summed E-state index contributed by atoms with van der Waals surface area (Å²) in [5.41, 5.74) is -0.835. The maximum Gasteiger partial charge on any atom is 0.144 e. The lowest BCUT2D eigenvalue weighted by atomic mass is 9.97. The van der Waals surface area contributed by atoms with Crippen LogP contribution in [-0.2, 0) is 6.54 Å². The molecule has 0 spiro atoms. The predicted octanol–water partition coefficient (Wildman–Crippen LogP) is 3.37. The van der Waals surface area contributed by atoms with Crippen molar-refractivity contribution in [2.24, 2.45) is 0 Å². The molecule has 2 N–H and O–H groups in total. The first kappa shape index (κ1) is 15.5. The van der Waals surface area contributed by atoms with Crippen molar-refractivity contribution in [3.8, 4) is 0 Å². The number of aliphatic hydroxyl groups is 1. The molecule has 1 rings (SSSR count). The SMILES string of the molecule is CCC(O)(CC)CNCc1c(F)ccc(Br)c1F. The average molecular weight is 322 g/mol. The van der Waals surface area contributed by atoms with Crippen molar-refractivity contribution in [1.29, 1.82) is 0 Å². The summed E-state index contributed by atoms with van der Waals surface area (Å²) in [5, 5.41) is 12.9. The summed E-state index contributed by atoms with van der Waals surface area (Å²) in [5.74, 6) is -1.18. The predicted molar refractivity (Wildman–Crippen MR) is 71.3 cm³/mol. The van der Waals surface area contributed by atoms with Crippen molar-refractivity contribution in [3.63, 3.8) is 0 Å². The topological polar surface area (TPSA) is 32.3 Å². The maximum atomic E-state index is 13.7. The van der Waals surface area contributed by atoms with Gasteiger partial charge >= 0.3 is 0 Å². The Balaban J connectivity index is 2.67.